The van der Waals surface area contributed by atoms with Crippen LogP contribution in [0.1, 0.15) is 17.4 Å². The molecule has 1 aromatic heterocycles. The van der Waals surface area contributed by atoms with Gasteiger partial charge in [-0.05, 0) is 6.07 Å². The Hall–Kier alpha value is -1.39. The molecule has 0 aliphatic rings. The monoisotopic (exact) mass is 266 g/mol. The molecule has 0 bridgehead atoms. The van der Waals surface area contributed by atoms with Gasteiger partial charge in [0.2, 0.25) is 0 Å². The molecule has 0 unspecified atom stereocenters. The first-order chi connectivity index (χ1) is 8.13. The van der Waals surface area contributed by atoms with Gasteiger partial charge in [0, 0.05) is 24.6 Å². The van der Waals surface area contributed by atoms with Gasteiger partial charge in [-0.15, -0.1) is 0 Å². The average molecular weight is 267 g/mol. The van der Waals surface area contributed by atoms with E-state index in [0.717, 1.165) is 10.4 Å². The number of nitrogens with zero attached hydrogens (tertiary/aromatic N) is 1. The number of carbonyl (C=O) groups is 1. The van der Waals surface area contributed by atoms with E-state index >= 15 is 0 Å². The maximum Gasteiger partial charge on any atom is 0.183 e. The number of thiazole rings is 1. The van der Waals surface area contributed by atoms with Crippen LogP contribution in [0.4, 0.5) is 5.13 Å². The van der Waals surface area contributed by atoms with E-state index in [2.05, 4.69) is 10.3 Å². The molecule has 1 N–H and O–H groups in total. The summed E-state index contributed by atoms with van der Waals surface area (Å²) in [6, 6.07) is 7.45. The van der Waals surface area contributed by atoms with Gasteiger partial charge in [-0.25, -0.2) is 4.98 Å². The molecule has 0 aliphatic heterocycles. The van der Waals surface area contributed by atoms with Gasteiger partial charge < -0.3 is 5.32 Å². The number of Topliss-reactive ketones (excluding diaryl/α,β-unsaturated/α-hetero) is 1. The van der Waals surface area contributed by atoms with Crippen LogP contribution < -0.4 is 5.32 Å². The highest BCUT2D eigenvalue weighted by molar-refractivity contribution is 7.19. The van der Waals surface area contributed by atoms with Crippen molar-refractivity contribution in [1.82, 2.24) is 4.98 Å². The number of hydrogen-bond donors (Lipinski definition) is 1. The van der Waals surface area contributed by atoms with Crippen LogP contribution in [-0.2, 0) is 0 Å². The zero-order chi connectivity index (χ0) is 12.4. The Morgan fingerprint density at radius 3 is 2.71 bits per heavy atom. The fourth-order valence-electron chi connectivity index (χ4n) is 1.49. The fraction of sp³-hybridized carbons (Fsp3) is 0.167. The first-order valence-corrected chi connectivity index (χ1v) is 6.27. The van der Waals surface area contributed by atoms with Gasteiger partial charge in [0.25, 0.3) is 0 Å². The Bertz CT molecular complexity index is 565. The maximum atomic E-state index is 11.6. The lowest BCUT2D eigenvalue weighted by Gasteiger charge is -2.01. The van der Waals surface area contributed by atoms with Crippen LogP contribution in [0.2, 0.25) is 5.02 Å². The van der Waals surface area contributed by atoms with Crippen LogP contribution >= 0.6 is 22.9 Å². The van der Waals surface area contributed by atoms with Crippen molar-refractivity contribution in [3.63, 3.8) is 0 Å². The average Bonchev–Trinajstić information content (AvgIpc) is 2.73. The van der Waals surface area contributed by atoms with Crippen LogP contribution in [-0.4, -0.2) is 17.8 Å². The molecule has 5 heteroatoms. The molecule has 0 fully saturated rings. The Balaban J connectivity index is 2.62. The Labute approximate surface area is 108 Å². The minimum absolute atomic E-state index is 0.0577. The minimum Gasteiger partial charge on any atom is -0.365 e. The molecule has 88 valence electrons. The molecule has 0 radical (unpaired) electrons. The maximum absolute atomic E-state index is 11.6. The number of rotatable bonds is 3. The highest BCUT2D eigenvalue weighted by atomic mass is 35.5. The molecule has 0 spiro atoms. The number of ketones is 1. The highest BCUT2D eigenvalue weighted by Gasteiger charge is 2.17. The van der Waals surface area contributed by atoms with Crippen molar-refractivity contribution in [2.45, 2.75) is 6.92 Å². The highest BCUT2D eigenvalue weighted by Crippen LogP contribution is 2.36. The zero-order valence-electron chi connectivity index (χ0n) is 9.45. The fourth-order valence-corrected chi connectivity index (χ4v) is 2.79. The largest absolute Gasteiger partial charge is 0.365 e. The van der Waals surface area contributed by atoms with Gasteiger partial charge >= 0.3 is 0 Å². The lowest BCUT2D eigenvalue weighted by Crippen LogP contribution is -1.96. The van der Waals surface area contributed by atoms with Crippen LogP contribution in [0, 0.1) is 0 Å². The minimum atomic E-state index is -0.0577. The summed E-state index contributed by atoms with van der Waals surface area (Å²) < 4.78 is 0. The standard InChI is InChI=1S/C12H11ClN2OS/c1-7(16)10-11(17-12(14-2)15-10)8-5-3-4-6-9(8)13/h3-6H,1-2H3,(H,14,15). The van der Waals surface area contributed by atoms with E-state index in [4.69, 9.17) is 11.6 Å². The quantitative estimate of drug-likeness (QED) is 0.861. The molecule has 0 saturated heterocycles. The molecule has 0 saturated carbocycles. The number of aromatic nitrogens is 1. The number of carbonyl (C=O) groups excluding carboxylic acids is 1. The van der Waals surface area contributed by atoms with Crippen LogP contribution in [0.15, 0.2) is 24.3 Å². The van der Waals surface area contributed by atoms with Crippen molar-refractivity contribution in [3.8, 4) is 10.4 Å². The third-order valence-electron chi connectivity index (χ3n) is 2.29. The van der Waals surface area contributed by atoms with E-state index in [0.29, 0.717) is 15.8 Å². The van der Waals surface area contributed by atoms with E-state index in [-0.39, 0.29) is 5.78 Å². The molecule has 0 aliphatic carbocycles. The summed E-state index contributed by atoms with van der Waals surface area (Å²) in [4.78, 5) is 16.6. The van der Waals surface area contributed by atoms with Crippen molar-refractivity contribution in [2.75, 3.05) is 12.4 Å². The number of hydrogen-bond acceptors (Lipinski definition) is 4. The summed E-state index contributed by atoms with van der Waals surface area (Å²) in [5, 5.41) is 4.28. The molecule has 3 nitrogen and oxygen atoms in total. The second kappa shape index (κ2) is 4.85. The van der Waals surface area contributed by atoms with E-state index < -0.39 is 0 Å². The Kier molecular flexibility index (Phi) is 3.45. The lowest BCUT2D eigenvalue weighted by molar-refractivity contribution is 0.101. The van der Waals surface area contributed by atoms with Crippen molar-refractivity contribution >= 4 is 33.9 Å². The summed E-state index contributed by atoms with van der Waals surface area (Å²) in [6.07, 6.45) is 0. The van der Waals surface area contributed by atoms with Crippen molar-refractivity contribution in [1.29, 1.82) is 0 Å². The Morgan fingerprint density at radius 1 is 1.41 bits per heavy atom. The van der Waals surface area contributed by atoms with E-state index in [9.17, 15) is 4.79 Å². The van der Waals surface area contributed by atoms with Gasteiger partial charge in [0.1, 0.15) is 5.69 Å². The molecular weight excluding hydrogens is 256 g/mol. The van der Waals surface area contributed by atoms with Crippen molar-refractivity contribution < 1.29 is 4.79 Å². The van der Waals surface area contributed by atoms with Crippen LogP contribution in [0.25, 0.3) is 10.4 Å². The topological polar surface area (TPSA) is 42.0 Å². The van der Waals surface area contributed by atoms with E-state index in [1.54, 1.807) is 13.1 Å². The van der Waals surface area contributed by atoms with Gasteiger partial charge in [0.15, 0.2) is 10.9 Å². The first-order valence-electron chi connectivity index (χ1n) is 5.08. The second-order valence-corrected chi connectivity index (χ2v) is 4.89. The van der Waals surface area contributed by atoms with Crippen molar-refractivity contribution in [2.24, 2.45) is 0 Å². The SMILES string of the molecule is CNc1nc(C(C)=O)c(-c2ccccc2Cl)s1. The third kappa shape index (κ3) is 2.33. The molecule has 0 atom stereocenters. The smallest absolute Gasteiger partial charge is 0.183 e. The predicted molar refractivity (Wildman–Crippen MR) is 72.1 cm³/mol. The van der Waals surface area contributed by atoms with Gasteiger partial charge in [-0.2, -0.15) is 0 Å². The Morgan fingerprint density at radius 2 is 2.12 bits per heavy atom. The van der Waals surface area contributed by atoms with Crippen LogP contribution in [0.5, 0.6) is 0 Å². The second-order valence-electron chi connectivity index (χ2n) is 3.48. The summed E-state index contributed by atoms with van der Waals surface area (Å²) in [6.45, 7) is 1.51. The number of anilines is 1. The van der Waals surface area contributed by atoms with Crippen molar-refractivity contribution in [3.05, 3.63) is 35.0 Å². The summed E-state index contributed by atoms with van der Waals surface area (Å²) in [5.41, 5.74) is 1.31. The first kappa shape index (κ1) is 12.1. The summed E-state index contributed by atoms with van der Waals surface area (Å²) in [7, 11) is 1.78. The number of halogens is 1. The van der Waals surface area contributed by atoms with Gasteiger partial charge in [0.05, 0.1) is 4.88 Å². The molecular formula is C12H11ClN2OS. The summed E-state index contributed by atoms with van der Waals surface area (Å²) >= 11 is 7.56. The molecule has 17 heavy (non-hydrogen) atoms. The number of benzene rings is 1. The molecule has 2 aromatic rings. The molecule has 2 rings (SSSR count). The summed E-state index contributed by atoms with van der Waals surface area (Å²) in [5.74, 6) is -0.0577. The molecule has 1 aromatic carbocycles. The van der Waals surface area contributed by atoms with E-state index in [1.165, 1.54) is 18.3 Å². The van der Waals surface area contributed by atoms with Crippen LogP contribution in [0.3, 0.4) is 0 Å². The molecule has 0 amide bonds. The van der Waals surface area contributed by atoms with E-state index in [1.807, 2.05) is 18.2 Å². The lowest BCUT2D eigenvalue weighted by atomic mass is 10.1. The molecule has 1 heterocycles. The van der Waals surface area contributed by atoms with Gasteiger partial charge in [-0.1, -0.05) is 41.1 Å². The third-order valence-corrected chi connectivity index (χ3v) is 3.73. The normalized spacial score (nSPS) is 10.3. The van der Waals surface area contributed by atoms with Gasteiger partial charge in [-0.3, -0.25) is 4.79 Å². The number of nitrogens with one attached hydrogen (secondary N) is 1. The predicted octanol–water partition coefficient (Wildman–Crippen LogP) is 3.71. The zero-order valence-corrected chi connectivity index (χ0v) is 11.0.